The third-order valence-corrected chi connectivity index (χ3v) is 5.98. The van der Waals surface area contributed by atoms with Crippen LogP contribution in [-0.2, 0) is 10.2 Å². The summed E-state index contributed by atoms with van der Waals surface area (Å²) in [5, 5.41) is 4.10. The van der Waals surface area contributed by atoms with Gasteiger partial charge in [-0.1, -0.05) is 41.6 Å². The molecule has 1 atom stereocenters. The van der Waals surface area contributed by atoms with Crippen LogP contribution < -0.4 is 4.90 Å². The lowest BCUT2D eigenvalue weighted by molar-refractivity contribution is -0.120. The Hall–Kier alpha value is -3.73. The van der Waals surface area contributed by atoms with Gasteiger partial charge < -0.3 is 4.52 Å². The summed E-state index contributed by atoms with van der Waals surface area (Å²) < 4.78 is 5.38. The second-order valence-electron chi connectivity index (χ2n) is 7.77. The molecule has 1 aliphatic heterocycles. The van der Waals surface area contributed by atoms with Crippen LogP contribution in [0.15, 0.2) is 77.6 Å². The van der Waals surface area contributed by atoms with Gasteiger partial charge in [-0.15, -0.1) is 0 Å². The predicted molar refractivity (Wildman–Crippen MR) is 116 cm³/mol. The maximum absolute atomic E-state index is 13.9. The topological polar surface area (TPSA) is 59.2 Å². The van der Waals surface area contributed by atoms with Crippen molar-refractivity contribution in [1.29, 1.82) is 0 Å². The number of carbonyl (C=O) groups excluding carboxylic acids is 1. The fourth-order valence-electron chi connectivity index (χ4n) is 4.42. The molecule has 0 saturated heterocycles. The molecule has 0 aliphatic carbocycles. The predicted octanol–water partition coefficient (Wildman–Crippen LogP) is 5.34. The zero-order chi connectivity index (χ0) is 20.9. The fourth-order valence-corrected chi connectivity index (χ4v) is 4.42. The number of nitrogens with zero attached hydrogens (tertiary/aromatic N) is 3. The molecule has 2 aromatic heterocycles. The lowest BCUT2D eigenvalue weighted by atomic mass is 9.76. The van der Waals surface area contributed by atoms with E-state index in [1.165, 1.54) is 0 Å². The van der Waals surface area contributed by atoms with Gasteiger partial charge in [0.1, 0.15) is 5.76 Å². The molecule has 1 aliphatic rings. The van der Waals surface area contributed by atoms with Gasteiger partial charge in [0.05, 0.1) is 28.7 Å². The zero-order valence-electron chi connectivity index (χ0n) is 17.1. The van der Waals surface area contributed by atoms with Crippen molar-refractivity contribution in [2.75, 3.05) is 4.90 Å². The number of aromatic nitrogens is 2. The van der Waals surface area contributed by atoms with Crippen molar-refractivity contribution in [2.45, 2.75) is 26.2 Å². The zero-order valence-corrected chi connectivity index (χ0v) is 17.1. The second-order valence-corrected chi connectivity index (χ2v) is 7.77. The first-order valence-corrected chi connectivity index (χ1v) is 9.89. The van der Waals surface area contributed by atoms with Crippen LogP contribution in [0.5, 0.6) is 0 Å². The van der Waals surface area contributed by atoms with Crippen molar-refractivity contribution in [1.82, 2.24) is 10.1 Å². The highest BCUT2D eigenvalue weighted by Crippen LogP contribution is 2.50. The van der Waals surface area contributed by atoms with E-state index < -0.39 is 5.41 Å². The van der Waals surface area contributed by atoms with E-state index >= 15 is 0 Å². The molecule has 5 heteroatoms. The Kier molecular flexibility index (Phi) is 4.07. The molecule has 0 N–H and O–H groups in total. The van der Waals surface area contributed by atoms with Crippen LogP contribution in [0, 0.1) is 13.8 Å². The third kappa shape index (κ3) is 2.52. The highest BCUT2D eigenvalue weighted by Gasteiger charge is 2.49. The molecule has 2 aromatic carbocycles. The monoisotopic (exact) mass is 395 g/mol. The Labute approximate surface area is 175 Å². The molecule has 30 heavy (non-hydrogen) atoms. The molecule has 0 saturated carbocycles. The SMILES string of the molecule is Cc1noc(C)c1-c1ccc2c(c1)[C@](C)(c1ccccc1)C(=O)N2c1cccnc1. The van der Waals surface area contributed by atoms with E-state index in [0.29, 0.717) is 0 Å². The minimum absolute atomic E-state index is 0.00705. The van der Waals surface area contributed by atoms with E-state index in [1.54, 1.807) is 17.3 Å². The summed E-state index contributed by atoms with van der Waals surface area (Å²) in [6, 6.07) is 19.8. The van der Waals surface area contributed by atoms with Crippen LogP contribution >= 0.6 is 0 Å². The van der Waals surface area contributed by atoms with Gasteiger partial charge >= 0.3 is 0 Å². The van der Waals surface area contributed by atoms with Crippen molar-refractivity contribution in [3.05, 3.63) is 95.6 Å². The summed E-state index contributed by atoms with van der Waals surface area (Å²) in [6.07, 6.45) is 3.43. The van der Waals surface area contributed by atoms with Crippen LogP contribution in [-0.4, -0.2) is 16.0 Å². The Bertz CT molecular complexity index is 1230. The van der Waals surface area contributed by atoms with Crippen LogP contribution in [0.4, 0.5) is 11.4 Å². The number of hydrogen-bond donors (Lipinski definition) is 0. The van der Waals surface area contributed by atoms with E-state index in [2.05, 4.69) is 16.2 Å². The van der Waals surface area contributed by atoms with Crippen LogP contribution in [0.1, 0.15) is 29.5 Å². The summed E-state index contributed by atoms with van der Waals surface area (Å²) in [4.78, 5) is 19.9. The fraction of sp³-hybridized carbons (Fsp3) is 0.160. The van der Waals surface area contributed by atoms with Gasteiger partial charge in [0.15, 0.2) is 0 Å². The van der Waals surface area contributed by atoms with Gasteiger partial charge in [0, 0.05) is 11.8 Å². The summed E-state index contributed by atoms with van der Waals surface area (Å²) in [5.41, 5.74) is 5.53. The molecule has 5 nitrogen and oxygen atoms in total. The normalized spacial score (nSPS) is 18.0. The smallest absolute Gasteiger partial charge is 0.246 e. The summed E-state index contributed by atoms with van der Waals surface area (Å²) in [6.45, 7) is 5.84. The number of fused-ring (bicyclic) bond motifs is 1. The molecule has 3 heterocycles. The minimum atomic E-state index is -0.818. The molecule has 1 amide bonds. The summed E-state index contributed by atoms with van der Waals surface area (Å²) in [7, 11) is 0. The van der Waals surface area contributed by atoms with E-state index in [-0.39, 0.29) is 5.91 Å². The summed E-state index contributed by atoms with van der Waals surface area (Å²) >= 11 is 0. The molecule has 148 valence electrons. The highest BCUT2D eigenvalue weighted by atomic mass is 16.5. The molecule has 0 unspecified atom stereocenters. The Morgan fingerprint density at radius 1 is 1.00 bits per heavy atom. The van der Waals surface area contributed by atoms with E-state index in [9.17, 15) is 4.79 Å². The van der Waals surface area contributed by atoms with Gasteiger partial charge in [-0.05, 0) is 61.7 Å². The number of amides is 1. The maximum atomic E-state index is 13.9. The van der Waals surface area contributed by atoms with Gasteiger partial charge in [-0.3, -0.25) is 14.7 Å². The average molecular weight is 395 g/mol. The molecule has 0 spiro atoms. The Balaban J connectivity index is 1.78. The number of aryl methyl sites for hydroxylation is 2. The lowest BCUT2D eigenvalue weighted by Crippen LogP contribution is -2.36. The van der Waals surface area contributed by atoms with Gasteiger partial charge in [-0.2, -0.15) is 0 Å². The Morgan fingerprint density at radius 2 is 1.80 bits per heavy atom. The first-order valence-electron chi connectivity index (χ1n) is 9.89. The number of benzene rings is 2. The number of anilines is 2. The molecule has 5 rings (SSSR count). The lowest BCUT2D eigenvalue weighted by Gasteiger charge is -2.25. The van der Waals surface area contributed by atoms with Crippen molar-refractivity contribution in [2.24, 2.45) is 0 Å². The van der Waals surface area contributed by atoms with Crippen molar-refractivity contribution in [3.63, 3.8) is 0 Å². The van der Waals surface area contributed by atoms with Gasteiger partial charge in [0.2, 0.25) is 5.91 Å². The highest BCUT2D eigenvalue weighted by molar-refractivity contribution is 6.15. The second kappa shape index (κ2) is 6.66. The molecule has 0 bridgehead atoms. The Morgan fingerprint density at radius 3 is 2.47 bits per heavy atom. The van der Waals surface area contributed by atoms with Crippen LogP contribution in [0.3, 0.4) is 0 Å². The number of rotatable bonds is 3. The largest absolute Gasteiger partial charge is 0.361 e. The van der Waals surface area contributed by atoms with E-state index in [4.69, 9.17) is 4.52 Å². The molecule has 4 aromatic rings. The van der Waals surface area contributed by atoms with E-state index in [0.717, 1.165) is 45.1 Å². The van der Waals surface area contributed by atoms with Crippen LogP contribution in [0.25, 0.3) is 11.1 Å². The number of pyridine rings is 1. The van der Waals surface area contributed by atoms with Crippen LogP contribution in [0.2, 0.25) is 0 Å². The summed E-state index contributed by atoms with van der Waals surface area (Å²) in [5.74, 6) is 0.773. The first-order chi connectivity index (χ1) is 14.5. The number of hydrogen-bond acceptors (Lipinski definition) is 4. The quantitative estimate of drug-likeness (QED) is 0.470. The first kappa shape index (κ1) is 18.3. The molecule has 0 fully saturated rings. The van der Waals surface area contributed by atoms with E-state index in [1.807, 2.05) is 75.4 Å². The molecular formula is C25H21N3O2. The molecular weight excluding hydrogens is 374 g/mol. The van der Waals surface area contributed by atoms with Crippen molar-refractivity contribution >= 4 is 17.3 Å². The minimum Gasteiger partial charge on any atom is -0.361 e. The number of carbonyl (C=O) groups is 1. The van der Waals surface area contributed by atoms with Gasteiger partial charge in [-0.25, -0.2) is 0 Å². The average Bonchev–Trinajstić information content (AvgIpc) is 3.23. The third-order valence-electron chi connectivity index (χ3n) is 5.98. The standard InChI is InChI=1S/C25H21N3O2/c1-16-23(17(2)30-27-16)18-11-12-22-21(14-18)25(3,19-8-5-4-6-9-19)24(29)28(22)20-10-7-13-26-15-20/h4-15H,1-3H3/t25-/m0/s1. The molecule has 0 radical (unpaired) electrons. The van der Waals surface area contributed by atoms with Crippen molar-refractivity contribution in [3.8, 4) is 11.1 Å². The maximum Gasteiger partial charge on any atom is 0.246 e. The van der Waals surface area contributed by atoms with Crippen molar-refractivity contribution < 1.29 is 9.32 Å². The van der Waals surface area contributed by atoms with Gasteiger partial charge in [0.25, 0.3) is 0 Å².